The Morgan fingerprint density at radius 2 is 1.86 bits per heavy atom. The van der Waals surface area contributed by atoms with Crippen LogP contribution in [0.4, 0.5) is 5.69 Å². The number of primary amides is 1. The molecule has 3 N–H and O–H groups in total. The van der Waals surface area contributed by atoms with Crippen LogP contribution in [0.15, 0.2) is 42.5 Å². The van der Waals surface area contributed by atoms with Crippen molar-refractivity contribution in [1.29, 1.82) is 0 Å². The minimum Gasteiger partial charge on any atom is -0.495 e. The first-order valence-corrected chi connectivity index (χ1v) is 8.26. The highest BCUT2D eigenvalue weighted by Crippen LogP contribution is 2.32. The molecule has 1 amide bonds. The van der Waals surface area contributed by atoms with Crippen molar-refractivity contribution in [1.82, 2.24) is 0 Å². The fourth-order valence-electron chi connectivity index (χ4n) is 2.10. The molecule has 0 aromatic heterocycles. The largest absolute Gasteiger partial charge is 0.495 e. The minimum absolute atomic E-state index is 0.293. The molecule has 0 aliphatic carbocycles. The maximum Gasteiger partial charge on any atom is 0.249 e. The van der Waals surface area contributed by atoms with E-state index < -0.39 is 15.9 Å². The van der Waals surface area contributed by atoms with Crippen LogP contribution >= 0.6 is 0 Å². The molecule has 0 spiro atoms. The van der Waals surface area contributed by atoms with Crippen LogP contribution in [-0.4, -0.2) is 27.7 Å². The topological polar surface area (TPSA) is 98.5 Å². The molecule has 0 saturated carbocycles. The number of ether oxygens (including phenoxy) is 1. The molecule has 7 heteroatoms. The van der Waals surface area contributed by atoms with E-state index in [9.17, 15) is 13.2 Å². The van der Waals surface area contributed by atoms with Gasteiger partial charge in [0.15, 0.2) is 0 Å². The summed E-state index contributed by atoms with van der Waals surface area (Å²) in [5, 5.41) is 0. The molecule has 0 aliphatic heterocycles. The number of amides is 1. The van der Waals surface area contributed by atoms with Crippen molar-refractivity contribution >= 4 is 21.6 Å². The van der Waals surface area contributed by atoms with E-state index in [1.807, 2.05) is 0 Å². The first-order chi connectivity index (χ1) is 10.3. The highest BCUT2D eigenvalue weighted by molar-refractivity contribution is 7.92. The van der Waals surface area contributed by atoms with E-state index >= 15 is 0 Å². The molecule has 0 saturated heterocycles. The Hall–Kier alpha value is -2.54. The number of hydrogen-bond donors (Lipinski definition) is 2. The summed E-state index contributed by atoms with van der Waals surface area (Å²) in [6.45, 7) is 0. The Balaban J connectivity index is 2.59. The maximum atomic E-state index is 11.5. The molecule has 2 aromatic rings. The summed E-state index contributed by atoms with van der Waals surface area (Å²) >= 11 is 0. The van der Waals surface area contributed by atoms with Crippen LogP contribution in [0.3, 0.4) is 0 Å². The zero-order valence-electron chi connectivity index (χ0n) is 12.2. The number of hydrogen-bond acceptors (Lipinski definition) is 4. The van der Waals surface area contributed by atoms with Gasteiger partial charge in [-0.1, -0.05) is 24.3 Å². The van der Waals surface area contributed by atoms with Crippen LogP contribution in [-0.2, 0) is 10.0 Å². The highest BCUT2D eigenvalue weighted by atomic mass is 32.2. The van der Waals surface area contributed by atoms with E-state index in [0.717, 1.165) is 6.26 Å². The minimum atomic E-state index is -3.46. The smallest absolute Gasteiger partial charge is 0.249 e. The molecule has 116 valence electrons. The van der Waals surface area contributed by atoms with Gasteiger partial charge in [0.25, 0.3) is 0 Å². The molecule has 0 heterocycles. The van der Waals surface area contributed by atoms with Crippen LogP contribution in [0.2, 0.25) is 0 Å². The number of sulfonamides is 1. The first-order valence-electron chi connectivity index (χ1n) is 6.37. The van der Waals surface area contributed by atoms with Gasteiger partial charge in [-0.25, -0.2) is 8.42 Å². The second-order valence-electron chi connectivity index (χ2n) is 4.70. The summed E-state index contributed by atoms with van der Waals surface area (Å²) in [4.78, 5) is 11.5. The maximum absolute atomic E-state index is 11.5. The van der Waals surface area contributed by atoms with E-state index in [2.05, 4.69) is 4.72 Å². The molecule has 0 unspecified atom stereocenters. The van der Waals surface area contributed by atoms with Crippen molar-refractivity contribution in [3.8, 4) is 16.9 Å². The summed E-state index contributed by atoms with van der Waals surface area (Å²) in [6, 6.07) is 11.8. The fraction of sp³-hybridized carbons (Fsp3) is 0.133. The summed E-state index contributed by atoms with van der Waals surface area (Å²) < 4.78 is 30.4. The number of nitrogens with two attached hydrogens (primary N) is 1. The quantitative estimate of drug-likeness (QED) is 0.878. The molecular formula is C15H16N2O4S. The van der Waals surface area contributed by atoms with E-state index in [1.165, 1.54) is 7.11 Å². The number of nitrogens with one attached hydrogen (secondary N) is 1. The van der Waals surface area contributed by atoms with Gasteiger partial charge >= 0.3 is 0 Å². The number of benzene rings is 2. The summed E-state index contributed by atoms with van der Waals surface area (Å²) in [5.74, 6) is -0.172. The Morgan fingerprint density at radius 3 is 2.45 bits per heavy atom. The molecule has 2 aromatic carbocycles. The first kappa shape index (κ1) is 15.8. The van der Waals surface area contributed by atoms with Crippen molar-refractivity contribution in [2.24, 2.45) is 5.73 Å². The van der Waals surface area contributed by atoms with Crippen molar-refractivity contribution in [2.75, 3.05) is 18.1 Å². The molecule has 0 atom stereocenters. The zero-order valence-corrected chi connectivity index (χ0v) is 13.0. The molecule has 0 radical (unpaired) electrons. The van der Waals surface area contributed by atoms with Gasteiger partial charge in [0.1, 0.15) is 5.75 Å². The number of anilines is 1. The van der Waals surface area contributed by atoms with E-state index in [-0.39, 0.29) is 0 Å². The second-order valence-corrected chi connectivity index (χ2v) is 6.45. The van der Waals surface area contributed by atoms with Gasteiger partial charge in [0.2, 0.25) is 15.9 Å². The Labute approximate surface area is 129 Å². The average molecular weight is 320 g/mol. The normalized spacial score (nSPS) is 11.0. The lowest BCUT2D eigenvalue weighted by atomic mass is 9.99. The van der Waals surface area contributed by atoms with Crippen LogP contribution in [0.1, 0.15) is 10.4 Å². The third kappa shape index (κ3) is 3.56. The fourth-order valence-corrected chi connectivity index (χ4v) is 2.66. The standard InChI is InChI=1S/C15H16N2O4S/c1-21-14-8-7-10(9-13(14)17-22(2,19)20)11-5-3-4-6-12(11)15(16)18/h3-9,17H,1-2H3,(H2,16,18). The number of carbonyl (C=O) groups excluding carboxylic acids is 1. The monoisotopic (exact) mass is 320 g/mol. The lowest BCUT2D eigenvalue weighted by Gasteiger charge is -2.13. The Kier molecular flexibility index (Phi) is 4.37. The van der Waals surface area contributed by atoms with Gasteiger partial charge in [0, 0.05) is 5.56 Å². The molecule has 2 rings (SSSR count). The number of carbonyl (C=O) groups is 1. The summed E-state index contributed by atoms with van der Waals surface area (Å²) in [6.07, 6.45) is 1.05. The molecule has 6 nitrogen and oxygen atoms in total. The Morgan fingerprint density at radius 1 is 1.18 bits per heavy atom. The second kappa shape index (κ2) is 6.07. The van der Waals surface area contributed by atoms with Gasteiger partial charge in [-0.15, -0.1) is 0 Å². The summed E-state index contributed by atoms with van der Waals surface area (Å²) in [7, 11) is -2.01. The molecule has 0 bridgehead atoms. The lowest BCUT2D eigenvalue weighted by molar-refractivity contribution is 0.100. The van der Waals surface area contributed by atoms with Gasteiger partial charge in [0.05, 0.1) is 19.1 Å². The third-order valence-electron chi connectivity index (χ3n) is 3.00. The molecule has 22 heavy (non-hydrogen) atoms. The highest BCUT2D eigenvalue weighted by Gasteiger charge is 2.13. The van der Waals surface area contributed by atoms with Crippen LogP contribution in [0.5, 0.6) is 5.75 Å². The van der Waals surface area contributed by atoms with Crippen molar-refractivity contribution in [2.45, 2.75) is 0 Å². The van der Waals surface area contributed by atoms with E-state index in [1.54, 1.807) is 42.5 Å². The predicted octanol–water partition coefficient (Wildman–Crippen LogP) is 1.83. The van der Waals surface area contributed by atoms with Crippen molar-refractivity contribution in [3.63, 3.8) is 0 Å². The summed E-state index contributed by atoms with van der Waals surface area (Å²) in [5.41, 5.74) is 7.30. The number of rotatable bonds is 5. The lowest BCUT2D eigenvalue weighted by Crippen LogP contribution is -2.13. The SMILES string of the molecule is COc1ccc(-c2ccccc2C(N)=O)cc1NS(C)(=O)=O. The van der Waals surface area contributed by atoms with Gasteiger partial charge in [-0.3, -0.25) is 9.52 Å². The molecule has 0 fully saturated rings. The Bertz CT molecular complexity index is 816. The van der Waals surface area contributed by atoms with E-state index in [4.69, 9.17) is 10.5 Å². The van der Waals surface area contributed by atoms with Crippen LogP contribution in [0, 0.1) is 0 Å². The van der Waals surface area contributed by atoms with Crippen LogP contribution < -0.4 is 15.2 Å². The third-order valence-corrected chi connectivity index (χ3v) is 3.59. The van der Waals surface area contributed by atoms with Gasteiger partial charge < -0.3 is 10.5 Å². The average Bonchev–Trinajstić information content (AvgIpc) is 2.45. The van der Waals surface area contributed by atoms with E-state index in [0.29, 0.717) is 28.1 Å². The van der Waals surface area contributed by atoms with Crippen LogP contribution in [0.25, 0.3) is 11.1 Å². The zero-order chi connectivity index (χ0) is 16.3. The van der Waals surface area contributed by atoms with Crippen molar-refractivity contribution in [3.05, 3.63) is 48.0 Å². The predicted molar refractivity (Wildman–Crippen MR) is 85.4 cm³/mol. The van der Waals surface area contributed by atoms with Gasteiger partial charge in [-0.05, 0) is 29.3 Å². The molecule has 0 aliphatic rings. The van der Waals surface area contributed by atoms with Crippen molar-refractivity contribution < 1.29 is 17.9 Å². The van der Waals surface area contributed by atoms with Gasteiger partial charge in [-0.2, -0.15) is 0 Å². The molecular weight excluding hydrogens is 304 g/mol. The number of methoxy groups -OCH3 is 1.